The Balaban J connectivity index is 1.73. The van der Waals surface area contributed by atoms with Gasteiger partial charge < -0.3 is 10.1 Å². The van der Waals surface area contributed by atoms with E-state index in [4.69, 9.17) is 0 Å². The van der Waals surface area contributed by atoms with Crippen molar-refractivity contribution >= 4 is 29.3 Å². The van der Waals surface area contributed by atoms with Gasteiger partial charge in [0.2, 0.25) is 5.91 Å². The van der Waals surface area contributed by atoms with Crippen molar-refractivity contribution < 1.29 is 14.3 Å². The smallest absolute Gasteiger partial charge is 0.306 e. The minimum atomic E-state index is -0.239. The topological polar surface area (TPSA) is 55.4 Å². The van der Waals surface area contributed by atoms with E-state index in [1.807, 2.05) is 6.07 Å². The molecule has 4 nitrogen and oxygen atoms in total. The molecule has 0 heterocycles. The summed E-state index contributed by atoms with van der Waals surface area (Å²) in [4.78, 5) is 22.7. The van der Waals surface area contributed by atoms with E-state index in [9.17, 15) is 9.59 Å². The van der Waals surface area contributed by atoms with Gasteiger partial charge in [-0.1, -0.05) is 6.07 Å². The lowest BCUT2D eigenvalue weighted by molar-refractivity contribution is -0.140. The molecule has 5 heteroatoms. The van der Waals surface area contributed by atoms with Gasteiger partial charge in [0.25, 0.3) is 0 Å². The zero-order valence-electron chi connectivity index (χ0n) is 11.6. The van der Waals surface area contributed by atoms with Crippen LogP contribution >= 0.6 is 11.8 Å². The summed E-state index contributed by atoms with van der Waals surface area (Å²) in [5.41, 5.74) is 3.61. The third kappa shape index (κ3) is 4.27. The molecule has 1 aliphatic rings. The Morgan fingerprint density at radius 2 is 2.10 bits per heavy atom. The first-order valence-electron chi connectivity index (χ1n) is 6.75. The fourth-order valence-electron chi connectivity index (χ4n) is 2.27. The number of rotatable bonds is 6. The van der Waals surface area contributed by atoms with E-state index < -0.39 is 0 Å². The van der Waals surface area contributed by atoms with Crippen molar-refractivity contribution in [2.75, 3.05) is 23.9 Å². The normalized spacial score (nSPS) is 12.8. The number of nitrogens with one attached hydrogen (secondary N) is 1. The fraction of sp³-hybridized carbons (Fsp3) is 0.467. The predicted molar refractivity (Wildman–Crippen MR) is 81.1 cm³/mol. The minimum Gasteiger partial charge on any atom is -0.469 e. The number of aryl methyl sites for hydroxylation is 2. The zero-order chi connectivity index (χ0) is 14.4. The van der Waals surface area contributed by atoms with Gasteiger partial charge in [0, 0.05) is 11.4 Å². The average Bonchev–Trinajstić information content (AvgIpc) is 2.90. The van der Waals surface area contributed by atoms with Gasteiger partial charge in [0.15, 0.2) is 0 Å². The zero-order valence-corrected chi connectivity index (χ0v) is 12.4. The van der Waals surface area contributed by atoms with Gasteiger partial charge in [-0.2, -0.15) is 11.8 Å². The second kappa shape index (κ2) is 7.33. The first kappa shape index (κ1) is 14.9. The second-order valence-electron chi connectivity index (χ2n) is 4.76. The number of hydrogen-bond acceptors (Lipinski definition) is 4. The largest absolute Gasteiger partial charge is 0.469 e. The van der Waals surface area contributed by atoms with Gasteiger partial charge in [-0.3, -0.25) is 9.59 Å². The molecule has 0 aliphatic heterocycles. The maximum atomic E-state index is 11.8. The van der Waals surface area contributed by atoms with E-state index in [0.29, 0.717) is 17.9 Å². The summed E-state index contributed by atoms with van der Waals surface area (Å²) in [6.07, 6.45) is 3.79. The quantitative estimate of drug-likeness (QED) is 0.646. The SMILES string of the molecule is COC(=O)CCSCC(=O)Nc1ccc2c(c1)CCC2. The molecule has 1 aromatic carbocycles. The first-order chi connectivity index (χ1) is 9.69. The third-order valence-electron chi connectivity index (χ3n) is 3.29. The van der Waals surface area contributed by atoms with E-state index >= 15 is 0 Å². The summed E-state index contributed by atoms with van der Waals surface area (Å²) in [7, 11) is 1.37. The molecule has 2 rings (SSSR count). The Bertz CT molecular complexity index is 502. The van der Waals surface area contributed by atoms with Crippen molar-refractivity contribution in [2.45, 2.75) is 25.7 Å². The molecule has 0 saturated heterocycles. The summed E-state index contributed by atoms with van der Waals surface area (Å²) in [5, 5.41) is 2.90. The number of thioether (sulfide) groups is 1. The summed E-state index contributed by atoms with van der Waals surface area (Å²) in [6.45, 7) is 0. The van der Waals surface area contributed by atoms with Gasteiger partial charge in [-0.25, -0.2) is 0 Å². The van der Waals surface area contributed by atoms with Gasteiger partial charge in [0.1, 0.15) is 0 Å². The van der Waals surface area contributed by atoms with Crippen LogP contribution in [0.2, 0.25) is 0 Å². The Morgan fingerprint density at radius 1 is 1.30 bits per heavy atom. The Morgan fingerprint density at radius 3 is 2.90 bits per heavy atom. The minimum absolute atomic E-state index is 0.0298. The molecule has 1 N–H and O–H groups in total. The van der Waals surface area contributed by atoms with Crippen LogP contribution < -0.4 is 5.32 Å². The van der Waals surface area contributed by atoms with Crippen molar-refractivity contribution in [1.29, 1.82) is 0 Å². The van der Waals surface area contributed by atoms with Gasteiger partial charge in [-0.05, 0) is 42.5 Å². The number of ether oxygens (including phenoxy) is 1. The van der Waals surface area contributed by atoms with Crippen LogP contribution in [0.5, 0.6) is 0 Å². The molecule has 0 atom stereocenters. The molecule has 1 aromatic rings. The Hall–Kier alpha value is -1.49. The highest BCUT2D eigenvalue weighted by Crippen LogP contribution is 2.24. The number of hydrogen-bond donors (Lipinski definition) is 1. The maximum Gasteiger partial charge on any atom is 0.306 e. The number of carbonyl (C=O) groups is 2. The molecule has 0 radical (unpaired) electrons. The number of anilines is 1. The fourth-order valence-corrected chi connectivity index (χ4v) is 2.98. The lowest BCUT2D eigenvalue weighted by Gasteiger charge is -2.07. The Kier molecular flexibility index (Phi) is 5.47. The number of methoxy groups -OCH3 is 1. The molecule has 108 valence electrons. The summed E-state index contributed by atoms with van der Waals surface area (Å²) in [6, 6.07) is 6.13. The molecule has 0 saturated carbocycles. The van der Waals surface area contributed by atoms with Gasteiger partial charge in [-0.15, -0.1) is 0 Å². The second-order valence-corrected chi connectivity index (χ2v) is 5.87. The highest BCUT2D eigenvalue weighted by atomic mass is 32.2. The number of benzene rings is 1. The van der Waals surface area contributed by atoms with Crippen molar-refractivity contribution in [3.8, 4) is 0 Å². The number of fused-ring (bicyclic) bond motifs is 1. The Labute approximate surface area is 123 Å². The van der Waals surface area contributed by atoms with Crippen molar-refractivity contribution in [2.24, 2.45) is 0 Å². The molecule has 0 spiro atoms. The summed E-state index contributed by atoms with van der Waals surface area (Å²) in [5.74, 6) is 0.688. The third-order valence-corrected chi connectivity index (χ3v) is 4.25. The highest BCUT2D eigenvalue weighted by molar-refractivity contribution is 7.99. The van der Waals surface area contributed by atoms with Crippen molar-refractivity contribution in [3.63, 3.8) is 0 Å². The molecule has 1 amide bonds. The van der Waals surface area contributed by atoms with E-state index in [1.165, 1.54) is 36.4 Å². The van der Waals surface area contributed by atoms with Crippen LogP contribution in [0.15, 0.2) is 18.2 Å². The summed E-state index contributed by atoms with van der Waals surface area (Å²) < 4.78 is 4.54. The number of esters is 1. The lowest BCUT2D eigenvalue weighted by atomic mass is 10.1. The van der Waals surface area contributed by atoms with Crippen LogP contribution in [-0.4, -0.2) is 30.5 Å². The van der Waals surface area contributed by atoms with Crippen LogP contribution in [0.3, 0.4) is 0 Å². The van der Waals surface area contributed by atoms with E-state index in [-0.39, 0.29) is 11.9 Å². The highest BCUT2D eigenvalue weighted by Gasteiger charge is 2.11. The van der Waals surface area contributed by atoms with Crippen LogP contribution in [0.4, 0.5) is 5.69 Å². The lowest BCUT2D eigenvalue weighted by Crippen LogP contribution is -2.15. The molecule has 0 unspecified atom stereocenters. The predicted octanol–water partition coefficient (Wildman–Crippen LogP) is 2.41. The maximum absolute atomic E-state index is 11.8. The van der Waals surface area contributed by atoms with Crippen LogP contribution in [0, 0.1) is 0 Å². The van der Waals surface area contributed by atoms with Crippen LogP contribution in [0.1, 0.15) is 24.0 Å². The standard InChI is InChI=1S/C15H19NO3S/c1-19-15(18)7-8-20-10-14(17)16-13-6-5-11-3-2-4-12(11)9-13/h5-6,9H,2-4,7-8,10H2,1H3,(H,16,17). The molecule has 0 bridgehead atoms. The van der Waals surface area contributed by atoms with Crippen LogP contribution in [0.25, 0.3) is 0 Å². The van der Waals surface area contributed by atoms with Gasteiger partial charge in [0.05, 0.1) is 19.3 Å². The van der Waals surface area contributed by atoms with Crippen molar-refractivity contribution in [3.05, 3.63) is 29.3 Å². The number of carbonyl (C=O) groups excluding carboxylic acids is 2. The molecule has 20 heavy (non-hydrogen) atoms. The van der Waals surface area contributed by atoms with E-state index in [1.54, 1.807) is 0 Å². The van der Waals surface area contributed by atoms with Crippen molar-refractivity contribution in [1.82, 2.24) is 0 Å². The van der Waals surface area contributed by atoms with Gasteiger partial charge >= 0.3 is 5.97 Å². The molecule has 0 fully saturated rings. The van der Waals surface area contributed by atoms with E-state index in [2.05, 4.69) is 22.2 Å². The summed E-state index contributed by atoms with van der Waals surface area (Å²) >= 11 is 1.44. The van der Waals surface area contributed by atoms with E-state index in [0.717, 1.165) is 18.5 Å². The molecule has 0 aromatic heterocycles. The number of amides is 1. The molecule has 1 aliphatic carbocycles. The molecular weight excluding hydrogens is 274 g/mol. The average molecular weight is 293 g/mol. The van der Waals surface area contributed by atoms with Crippen LogP contribution in [-0.2, 0) is 27.2 Å². The first-order valence-corrected chi connectivity index (χ1v) is 7.90. The molecular formula is C15H19NO3S. The monoisotopic (exact) mass is 293 g/mol.